The molecule has 0 N–H and O–H groups in total. The van der Waals surface area contributed by atoms with Crippen molar-refractivity contribution in [2.45, 2.75) is 19.4 Å². The molecule has 1 aliphatic rings. The number of Topliss-reactive ketones (excluding diaryl/α,β-unsaturated/α-hetero) is 1. The van der Waals surface area contributed by atoms with Gasteiger partial charge in [-0.2, -0.15) is 0 Å². The molecule has 0 aromatic heterocycles. The minimum atomic E-state index is -0.137. The lowest BCUT2D eigenvalue weighted by atomic mass is 9.91. The Hall–Kier alpha value is -1.75. The molecule has 5 nitrogen and oxygen atoms in total. The van der Waals surface area contributed by atoms with Gasteiger partial charge in [-0.1, -0.05) is 0 Å². The molecule has 0 saturated carbocycles. The second-order valence-corrected chi connectivity index (χ2v) is 4.72. The minimum absolute atomic E-state index is 0.0211. The average molecular weight is 280 g/mol. The van der Waals surface area contributed by atoms with E-state index in [0.29, 0.717) is 29.4 Å². The normalized spacial score (nSPS) is 21.6. The number of rotatable bonds is 5. The summed E-state index contributed by atoms with van der Waals surface area (Å²) in [4.78, 5) is 12.6. The smallest absolute Gasteiger partial charge is 0.204 e. The highest BCUT2D eigenvalue weighted by Crippen LogP contribution is 2.41. The maximum Gasteiger partial charge on any atom is 0.204 e. The SMILES string of the molecule is COc1ccc(C(=O)C2CCOC2C)c(OC)c1OC. The van der Waals surface area contributed by atoms with Crippen LogP contribution in [0.5, 0.6) is 17.2 Å². The Bertz CT molecular complexity index is 497. The van der Waals surface area contributed by atoms with Gasteiger partial charge in [-0.15, -0.1) is 0 Å². The summed E-state index contributed by atoms with van der Waals surface area (Å²) in [6.07, 6.45) is 0.664. The Morgan fingerprint density at radius 3 is 2.35 bits per heavy atom. The molecule has 1 aromatic rings. The van der Waals surface area contributed by atoms with Crippen molar-refractivity contribution in [3.8, 4) is 17.2 Å². The van der Waals surface area contributed by atoms with Crippen LogP contribution in [-0.2, 0) is 4.74 Å². The topological polar surface area (TPSA) is 54.0 Å². The number of ketones is 1. The summed E-state index contributed by atoms with van der Waals surface area (Å²) in [5.41, 5.74) is 0.507. The second-order valence-electron chi connectivity index (χ2n) is 4.72. The predicted octanol–water partition coefficient (Wildman–Crippen LogP) is 2.32. The maximum absolute atomic E-state index is 12.6. The Morgan fingerprint density at radius 1 is 1.15 bits per heavy atom. The summed E-state index contributed by atoms with van der Waals surface area (Å²) in [5, 5.41) is 0. The van der Waals surface area contributed by atoms with E-state index in [9.17, 15) is 4.79 Å². The lowest BCUT2D eigenvalue weighted by Crippen LogP contribution is -2.22. The molecule has 0 aliphatic carbocycles. The molecule has 1 saturated heterocycles. The molecule has 20 heavy (non-hydrogen) atoms. The first kappa shape index (κ1) is 14.7. The third-order valence-corrected chi connectivity index (χ3v) is 3.68. The first-order valence-electron chi connectivity index (χ1n) is 6.58. The van der Waals surface area contributed by atoms with Crippen LogP contribution in [0, 0.1) is 5.92 Å². The highest BCUT2D eigenvalue weighted by molar-refractivity contribution is 6.02. The zero-order chi connectivity index (χ0) is 14.7. The average Bonchev–Trinajstić information content (AvgIpc) is 2.90. The van der Waals surface area contributed by atoms with Crippen LogP contribution >= 0.6 is 0 Å². The van der Waals surface area contributed by atoms with E-state index in [2.05, 4.69) is 0 Å². The van der Waals surface area contributed by atoms with Gasteiger partial charge in [0, 0.05) is 6.61 Å². The molecule has 0 amide bonds. The van der Waals surface area contributed by atoms with Gasteiger partial charge in [0.1, 0.15) is 0 Å². The van der Waals surface area contributed by atoms with Crippen LogP contribution in [-0.4, -0.2) is 39.8 Å². The highest BCUT2D eigenvalue weighted by Gasteiger charge is 2.34. The van der Waals surface area contributed by atoms with Gasteiger partial charge in [0.05, 0.1) is 38.9 Å². The number of hydrogen-bond acceptors (Lipinski definition) is 5. The fraction of sp³-hybridized carbons (Fsp3) is 0.533. The summed E-state index contributed by atoms with van der Waals surface area (Å²) in [6.45, 7) is 2.54. The number of ether oxygens (including phenoxy) is 4. The molecule has 2 rings (SSSR count). The third-order valence-electron chi connectivity index (χ3n) is 3.68. The molecule has 110 valence electrons. The monoisotopic (exact) mass is 280 g/mol. The fourth-order valence-corrected chi connectivity index (χ4v) is 2.57. The second kappa shape index (κ2) is 6.13. The quantitative estimate of drug-likeness (QED) is 0.775. The van der Waals surface area contributed by atoms with Gasteiger partial charge in [-0.05, 0) is 25.5 Å². The van der Waals surface area contributed by atoms with E-state index < -0.39 is 0 Å². The standard InChI is InChI=1S/C15H20O5/c1-9-10(7-8-20-9)13(16)11-5-6-12(17-2)15(19-4)14(11)18-3/h5-6,9-10H,7-8H2,1-4H3. The Morgan fingerprint density at radius 2 is 1.85 bits per heavy atom. The number of methoxy groups -OCH3 is 3. The first-order valence-corrected chi connectivity index (χ1v) is 6.58. The van der Waals surface area contributed by atoms with Gasteiger partial charge in [0.25, 0.3) is 0 Å². The molecule has 0 spiro atoms. The van der Waals surface area contributed by atoms with E-state index in [1.54, 1.807) is 19.2 Å². The van der Waals surface area contributed by atoms with Crippen LogP contribution in [0.15, 0.2) is 12.1 Å². The molecule has 2 atom stereocenters. The first-order chi connectivity index (χ1) is 9.63. The molecular weight excluding hydrogens is 260 g/mol. The van der Waals surface area contributed by atoms with Crippen LogP contribution in [0.3, 0.4) is 0 Å². The lowest BCUT2D eigenvalue weighted by molar-refractivity contribution is 0.0761. The van der Waals surface area contributed by atoms with Crippen molar-refractivity contribution in [3.05, 3.63) is 17.7 Å². The molecule has 1 aromatic carbocycles. The van der Waals surface area contributed by atoms with Crippen molar-refractivity contribution in [1.82, 2.24) is 0 Å². The minimum Gasteiger partial charge on any atom is -0.493 e. The van der Waals surface area contributed by atoms with Gasteiger partial charge >= 0.3 is 0 Å². The van der Waals surface area contributed by atoms with Gasteiger partial charge in [0.2, 0.25) is 5.75 Å². The van der Waals surface area contributed by atoms with Crippen LogP contribution < -0.4 is 14.2 Å². The molecular formula is C15H20O5. The zero-order valence-electron chi connectivity index (χ0n) is 12.3. The molecule has 0 bridgehead atoms. The van der Waals surface area contributed by atoms with E-state index in [0.717, 1.165) is 6.42 Å². The van der Waals surface area contributed by atoms with Crippen molar-refractivity contribution < 1.29 is 23.7 Å². The van der Waals surface area contributed by atoms with E-state index >= 15 is 0 Å². The van der Waals surface area contributed by atoms with Crippen LogP contribution in [0.25, 0.3) is 0 Å². The number of hydrogen-bond donors (Lipinski definition) is 0. The van der Waals surface area contributed by atoms with E-state index in [4.69, 9.17) is 18.9 Å². The zero-order valence-corrected chi connectivity index (χ0v) is 12.3. The van der Waals surface area contributed by atoms with E-state index in [1.807, 2.05) is 6.92 Å². The van der Waals surface area contributed by atoms with Crippen LogP contribution in [0.4, 0.5) is 0 Å². The number of benzene rings is 1. The van der Waals surface area contributed by atoms with Crippen LogP contribution in [0.1, 0.15) is 23.7 Å². The maximum atomic E-state index is 12.6. The summed E-state index contributed by atoms with van der Waals surface area (Å²) in [5.74, 6) is 1.27. The van der Waals surface area contributed by atoms with Crippen molar-refractivity contribution in [2.75, 3.05) is 27.9 Å². The van der Waals surface area contributed by atoms with Gasteiger partial charge in [-0.3, -0.25) is 4.79 Å². The predicted molar refractivity (Wildman–Crippen MR) is 73.9 cm³/mol. The van der Waals surface area contributed by atoms with Crippen molar-refractivity contribution in [2.24, 2.45) is 5.92 Å². The molecule has 5 heteroatoms. The number of carbonyl (C=O) groups excluding carboxylic acids is 1. The highest BCUT2D eigenvalue weighted by atomic mass is 16.5. The van der Waals surface area contributed by atoms with Crippen LogP contribution in [0.2, 0.25) is 0 Å². The van der Waals surface area contributed by atoms with Gasteiger partial charge in [0.15, 0.2) is 17.3 Å². The number of carbonyl (C=O) groups is 1. The molecule has 0 radical (unpaired) electrons. The van der Waals surface area contributed by atoms with Crippen molar-refractivity contribution in [1.29, 1.82) is 0 Å². The lowest BCUT2D eigenvalue weighted by Gasteiger charge is -2.18. The molecule has 1 aliphatic heterocycles. The van der Waals surface area contributed by atoms with Crippen molar-refractivity contribution >= 4 is 5.78 Å². The summed E-state index contributed by atoms with van der Waals surface area (Å²) >= 11 is 0. The van der Waals surface area contributed by atoms with Gasteiger partial charge in [-0.25, -0.2) is 0 Å². The molecule has 1 heterocycles. The Labute approximate surface area is 118 Å². The third kappa shape index (κ3) is 2.45. The summed E-state index contributed by atoms with van der Waals surface area (Å²) < 4.78 is 21.3. The van der Waals surface area contributed by atoms with E-state index in [1.165, 1.54) is 14.2 Å². The molecule has 2 unspecified atom stereocenters. The Balaban J connectivity index is 2.43. The Kier molecular flexibility index (Phi) is 4.49. The van der Waals surface area contributed by atoms with Crippen molar-refractivity contribution in [3.63, 3.8) is 0 Å². The fourth-order valence-electron chi connectivity index (χ4n) is 2.57. The van der Waals surface area contributed by atoms with Gasteiger partial charge < -0.3 is 18.9 Å². The van der Waals surface area contributed by atoms with E-state index in [-0.39, 0.29) is 17.8 Å². The summed E-state index contributed by atoms with van der Waals surface area (Å²) in [7, 11) is 4.59. The largest absolute Gasteiger partial charge is 0.493 e. The summed E-state index contributed by atoms with van der Waals surface area (Å²) in [6, 6.07) is 3.43. The molecule has 1 fully saturated rings.